The van der Waals surface area contributed by atoms with Crippen molar-refractivity contribution in [2.24, 2.45) is 0 Å². The quantitative estimate of drug-likeness (QED) is 0.532. The van der Waals surface area contributed by atoms with E-state index in [0.717, 1.165) is 0 Å². The Labute approximate surface area is 159 Å². The summed E-state index contributed by atoms with van der Waals surface area (Å²) in [6.07, 6.45) is 0. The molecule has 1 heterocycles. The van der Waals surface area contributed by atoms with Crippen LogP contribution < -0.4 is 10.1 Å². The molecule has 0 aromatic heterocycles. The summed E-state index contributed by atoms with van der Waals surface area (Å²) in [6, 6.07) is 2.07. The van der Waals surface area contributed by atoms with Crippen LogP contribution in [0.1, 0.15) is 18.5 Å². The van der Waals surface area contributed by atoms with E-state index in [1.54, 1.807) is 26.1 Å². The number of nitrogens with one attached hydrogen (secondary N) is 1. The number of carbonyl (C=O) groups is 2. The Balaban J connectivity index is 2.49. The molecule has 26 heavy (non-hydrogen) atoms. The number of phenols is 1. The van der Waals surface area contributed by atoms with Crippen LogP contribution in [-0.2, 0) is 14.3 Å². The van der Waals surface area contributed by atoms with Gasteiger partial charge in [-0.1, -0.05) is 0 Å². The van der Waals surface area contributed by atoms with Crippen molar-refractivity contribution in [2.45, 2.75) is 13.0 Å². The number of aromatic hydroxyl groups is 1. The highest BCUT2D eigenvalue weighted by Gasteiger charge is 2.35. The minimum atomic E-state index is -0.750. The average Bonchev–Trinajstić information content (AvgIpc) is 2.61. The standard InChI is InChI=1S/C17H21BrN2O6/c1-9-13(16(22)26-6-5-24-3)14(19-17(23)20(9)2)10-7-11(18)15(21)12(8-10)25-4/h7-8,14,21H,5-6H2,1-4H3,(H,19,23). The molecule has 0 spiro atoms. The minimum absolute atomic E-state index is 0.0690. The van der Waals surface area contributed by atoms with Gasteiger partial charge >= 0.3 is 12.0 Å². The molecule has 2 amide bonds. The summed E-state index contributed by atoms with van der Waals surface area (Å²) >= 11 is 3.25. The number of carbonyl (C=O) groups excluding carboxylic acids is 2. The zero-order valence-corrected chi connectivity index (χ0v) is 16.5. The maximum Gasteiger partial charge on any atom is 0.338 e. The first kappa shape index (κ1) is 20.1. The van der Waals surface area contributed by atoms with Crippen LogP contribution in [0.15, 0.2) is 27.9 Å². The average molecular weight is 429 g/mol. The molecule has 1 aromatic rings. The van der Waals surface area contributed by atoms with Crippen LogP contribution in [0.4, 0.5) is 4.79 Å². The van der Waals surface area contributed by atoms with Gasteiger partial charge in [0, 0.05) is 19.9 Å². The molecule has 1 unspecified atom stereocenters. The SMILES string of the molecule is COCCOC(=O)C1=C(C)N(C)C(=O)NC1c1cc(Br)c(O)c(OC)c1. The number of allylic oxidation sites excluding steroid dienone is 1. The van der Waals surface area contributed by atoms with Crippen molar-refractivity contribution in [3.63, 3.8) is 0 Å². The van der Waals surface area contributed by atoms with Crippen molar-refractivity contribution in [1.29, 1.82) is 0 Å². The molecule has 1 atom stereocenters. The lowest BCUT2D eigenvalue weighted by Crippen LogP contribution is -2.46. The van der Waals surface area contributed by atoms with E-state index in [9.17, 15) is 14.7 Å². The number of ether oxygens (including phenoxy) is 3. The second-order valence-corrected chi connectivity index (χ2v) is 6.48. The Morgan fingerprint density at radius 1 is 1.35 bits per heavy atom. The maximum atomic E-state index is 12.6. The van der Waals surface area contributed by atoms with Crippen LogP contribution in [0.25, 0.3) is 0 Å². The molecule has 0 bridgehead atoms. The van der Waals surface area contributed by atoms with E-state index in [1.807, 2.05) is 0 Å². The summed E-state index contributed by atoms with van der Waals surface area (Å²) in [7, 11) is 4.49. The number of nitrogens with zero attached hydrogens (tertiary/aromatic N) is 1. The summed E-state index contributed by atoms with van der Waals surface area (Å²) in [5, 5.41) is 12.8. The second-order valence-electron chi connectivity index (χ2n) is 5.62. The van der Waals surface area contributed by atoms with Gasteiger partial charge in [0.05, 0.1) is 29.8 Å². The first-order valence-electron chi connectivity index (χ1n) is 7.79. The summed E-state index contributed by atoms with van der Waals surface area (Å²) in [5.74, 6) is -0.410. The minimum Gasteiger partial charge on any atom is -0.503 e. The Morgan fingerprint density at radius 3 is 2.65 bits per heavy atom. The molecule has 2 N–H and O–H groups in total. The fraction of sp³-hybridized carbons (Fsp3) is 0.412. The van der Waals surface area contributed by atoms with Crippen LogP contribution in [-0.4, -0.2) is 56.5 Å². The van der Waals surface area contributed by atoms with Crippen LogP contribution >= 0.6 is 15.9 Å². The number of amides is 2. The van der Waals surface area contributed by atoms with Gasteiger partial charge < -0.3 is 29.5 Å². The van der Waals surface area contributed by atoms with Crippen molar-refractivity contribution >= 4 is 27.9 Å². The largest absolute Gasteiger partial charge is 0.503 e. The molecule has 1 aromatic carbocycles. The predicted molar refractivity (Wildman–Crippen MR) is 96.9 cm³/mol. The highest BCUT2D eigenvalue weighted by Crippen LogP contribution is 2.40. The molecule has 2 rings (SSSR count). The zero-order valence-electron chi connectivity index (χ0n) is 15.0. The third kappa shape index (κ3) is 3.94. The van der Waals surface area contributed by atoms with Crippen LogP contribution in [0.3, 0.4) is 0 Å². The zero-order chi connectivity index (χ0) is 19.4. The van der Waals surface area contributed by atoms with Crippen molar-refractivity contribution in [3.05, 3.63) is 33.4 Å². The fourth-order valence-corrected chi connectivity index (χ4v) is 3.02. The van der Waals surface area contributed by atoms with Crippen LogP contribution in [0, 0.1) is 0 Å². The molecule has 1 aliphatic heterocycles. The van der Waals surface area contributed by atoms with Crippen LogP contribution in [0.2, 0.25) is 0 Å². The van der Waals surface area contributed by atoms with Gasteiger partial charge in [0.2, 0.25) is 0 Å². The molecular formula is C17H21BrN2O6. The van der Waals surface area contributed by atoms with Gasteiger partial charge in [-0.25, -0.2) is 9.59 Å². The number of phenolic OH excluding ortho intramolecular Hbond substituents is 1. The molecule has 9 heteroatoms. The highest BCUT2D eigenvalue weighted by atomic mass is 79.9. The lowest BCUT2D eigenvalue weighted by molar-refractivity contribution is -0.140. The first-order chi connectivity index (χ1) is 12.3. The maximum absolute atomic E-state index is 12.6. The summed E-state index contributed by atoms with van der Waals surface area (Å²) in [5.41, 5.74) is 1.33. The van der Waals surface area contributed by atoms with Gasteiger partial charge in [-0.3, -0.25) is 0 Å². The summed E-state index contributed by atoms with van der Waals surface area (Å²) in [6.45, 7) is 2.04. The Hall–Kier alpha value is -2.26. The number of esters is 1. The lowest BCUT2D eigenvalue weighted by Gasteiger charge is -2.33. The van der Waals surface area contributed by atoms with Gasteiger partial charge in [-0.15, -0.1) is 0 Å². The van der Waals surface area contributed by atoms with E-state index in [4.69, 9.17) is 14.2 Å². The van der Waals surface area contributed by atoms with E-state index in [2.05, 4.69) is 21.2 Å². The predicted octanol–water partition coefficient (Wildman–Crippen LogP) is 2.32. The number of halogens is 1. The third-order valence-electron chi connectivity index (χ3n) is 4.10. The lowest BCUT2D eigenvalue weighted by atomic mass is 9.94. The molecular weight excluding hydrogens is 408 g/mol. The summed E-state index contributed by atoms with van der Waals surface area (Å²) < 4.78 is 15.7. The van der Waals surface area contributed by atoms with Crippen molar-refractivity contribution in [2.75, 3.05) is 34.5 Å². The van der Waals surface area contributed by atoms with Gasteiger partial charge in [-0.05, 0) is 40.5 Å². The van der Waals surface area contributed by atoms with E-state index >= 15 is 0 Å². The molecule has 8 nitrogen and oxygen atoms in total. The van der Waals surface area contributed by atoms with Crippen molar-refractivity contribution < 1.29 is 28.9 Å². The third-order valence-corrected chi connectivity index (χ3v) is 4.70. The molecule has 142 valence electrons. The van der Waals surface area contributed by atoms with E-state index in [0.29, 0.717) is 21.3 Å². The van der Waals surface area contributed by atoms with Crippen molar-refractivity contribution in [3.8, 4) is 11.5 Å². The molecule has 0 radical (unpaired) electrons. The van der Waals surface area contributed by atoms with Gasteiger partial charge in [0.1, 0.15) is 6.61 Å². The van der Waals surface area contributed by atoms with Crippen LogP contribution in [0.5, 0.6) is 11.5 Å². The normalized spacial score (nSPS) is 17.2. The topological polar surface area (TPSA) is 97.3 Å². The van der Waals surface area contributed by atoms with Gasteiger partial charge in [-0.2, -0.15) is 0 Å². The molecule has 0 saturated heterocycles. The Kier molecular flexibility index (Phi) is 6.49. The van der Waals surface area contributed by atoms with Crippen molar-refractivity contribution in [1.82, 2.24) is 10.2 Å². The smallest absolute Gasteiger partial charge is 0.338 e. The van der Waals surface area contributed by atoms with Gasteiger partial charge in [0.15, 0.2) is 11.5 Å². The molecule has 0 aliphatic carbocycles. The van der Waals surface area contributed by atoms with E-state index in [1.165, 1.54) is 19.1 Å². The Bertz CT molecular complexity index is 749. The summed E-state index contributed by atoms with van der Waals surface area (Å²) in [4.78, 5) is 26.2. The number of hydrogen-bond acceptors (Lipinski definition) is 6. The fourth-order valence-electron chi connectivity index (χ4n) is 2.56. The highest BCUT2D eigenvalue weighted by molar-refractivity contribution is 9.10. The Morgan fingerprint density at radius 2 is 2.04 bits per heavy atom. The number of hydrogen-bond donors (Lipinski definition) is 2. The van der Waals surface area contributed by atoms with E-state index < -0.39 is 12.0 Å². The number of rotatable bonds is 6. The number of benzene rings is 1. The number of methoxy groups -OCH3 is 2. The number of urea groups is 1. The van der Waals surface area contributed by atoms with E-state index in [-0.39, 0.29) is 30.7 Å². The molecule has 0 saturated carbocycles. The second kappa shape index (κ2) is 8.41. The van der Waals surface area contributed by atoms with Gasteiger partial charge in [0.25, 0.3) is 0 Å². The molecule has 1 aliphatic rings. The first-order valence-corrected chi connectivity index (χ1v) is 8.58. The molecule has 0 fully saturated rings. The monoisotopic (exact) mass is 428 g/mol.